The summed E-state index contributed by atoms with van der Waals surface area (Å²) in [5.74, 6) is 1.00. The zero-order chi connectivity index (χ0) is 14.3. The summed E-state index contributed by atoms with van der Waals surface area (Å²) < 4.78 is 0. The Balaban J connectivity index is 1.55. The number of benzene rings is 1. The van der Waals surface area contributed by atoms with E-state index in [1.807, 2.05) is 12.1 Å². The van der Waals surface area contributed by atoms with Crippen LogP contribution in [0.25, 0.3) is 0 Å². The number of nitrogen functional groups attached to an aromatic ring is 1. The maximum atomic E-state index is 5.87. The van der Waals surface area contributed by atoms with Crippen molar-refractivity contribution in [2.75, 3.05) is 35.6 Å². The second-order valence-corrected chi connectivity index (χ2v) is 6.11. The molecule has 0 aliphatic carbocycles. The number of nitrogens with zero attached hydrogens (tertiary/aromatic N) is 2. The molecule has 1 aromatic heterocycles. The van der Waals surface area contributed by atoms with E-state index in [0.717, 1.165) is 44.0 Å². The van der Waals surface area contributed by atoms with Crippen molar-refractivity contribution < 1.29 is 0 Å². The fraction of sp³-hybridized carbons (Fsp3) is 0.353. The molecule has 1 fully saturated rings. The molecule has 3 heterocycles. The van der Waals surface area contributed by atoms with Gasteiger partial charge in [-0.15, -0.1) is 0 Å². The van der Waals surface area contributed by atoms with E-state index in [2.05, 4.69) is 39.5 Å². The summed E-state index contributed by atoms with van der Waals surface area (Å²) >= 11 is 0. The summed E-state index contributed by atoms with van der Waals surface area (Å²) in [4.78, 5) is 6.80. The largest absolute Gasteiger partial charge is 0.399 e. The summed E-state index contributed by atoms with van der Waals surface area (Å²) in [5, 5.41) is 3.57. The van der Waals surface area contributed by atoms with Crippen LogP contribution in [-0.4, -0.2) is 24.6 Å². The van der Waals surface area contributed by atoms with Gasteiger partial charge in [0.05, 0.1) is 0 Å². The fourth-order valence-electron chi connectivity index (χ4n) is 3.68. The highest BCUT2D eigenvalue weighted by molar-refractivity contribution is 5.61. The average Bonchev–Trinajstić information content (AvgIpc) is 2.87. The van der Waals surface area contributed by atoms with E-state index in [-0.39, 0.29) is 0 Å². The van der Waals surface area contributed by atoms with E-state index in [0.29, 0.717) is 5.41 Å². The van der Waals surface area contributed by atoms with Gasteiger partial charge in [0.15, 0.2) is 0 Å². The fourth-order valence-corrected chi connectivity index (χ4v) is 3.68. The predicted octanol–water partition coefficient (Wildman–Crippen LogP) is 2.63. The number of para-hydroxylation sites is 1. The van der Waals surface area contributed by atoms with Crippen LogP contribution >= 0.6 is 0 Å². The van der Waals surface area contributed by atoms with E-state index in [1.54, 1.807) is 6.20 Å². The number of hydrogen-bond acceptors (Lipinski definition) is 4. The van der Waals surface area contributed by atoms with Gasteiger partial charge in [-0.25, -0.2) is 4.98 Å². The van der Waals surface area contributed by atoms with Crippen molar-refractivity contribution in [3.63, 3.8) is 0 Å². The van der Waals surface area contributed by atoms with Crippen molar-refractivity contribution in [2.45, 2.75) is 18.3 Å². The molecule has 0 radical (unpaired) electrons. The van der Waals surface area contributed by atoms with E-state index in [1.165, 1.54) is 11.3 Å². The van der Waals surface area contributed by atoms with Crippen LogP contribution < -0.4 is 16.0 Å². The van der Waals surface area contributed by atoms with Gasteiger partial charge in [-0.05, 0) is 30.5 Å². The van der Waals surface area contributed by atoms with Gasteiger partial charge in [0.1, 0.15) is 5.82 Å². The van der Waals surface area contributed by atoms with Crippen molar-refractivity contribution in [2.24, 2.45) is 0 Å². The minimum atomic E-state index is 0.299. The Kier molecular flexibility index (Phi) is 2.77. The van der Waals surface area contributed by atoms with E-state index in [4.69, 9.17) is 5.73 Å². The molecule has 3 N–H and O–H groups in total. The van der Waals surface area contributed by atoms with Gasteiger partial charge in [0, 0.05) is 48.7 Å². The monoisotopic (exact) mass is 280 g/mol. The Labute approximate surface area is 125 Å². The number of pyridine rings is 1. The highest BCUT2D eigenvalue weighted by Crippen LogP contribution is 2.44. The third-order valence-corrected chi connectivity index (χ3v) is 4.93. The van der Waals surface area contributed by atoms with Crippen molar-refractivity contribution >= 4 is 17.2 Å². The second kappa shape index (κ2) is 4.65. The van der Waals surface area contributed by atoms with Crippen molar-refractivity contribution in [3.05, 3.63) is 48.2 Å². The minimum Gasteiger partial charge on any atom is -0.399 e. The lowest BCUT2D eigenvalue weighted by Gasteiger charge is -2.40. The SMILES string of the molecule is Nc1ccnc(N2CCC3(CC2)CNc2ccccc23)c1. The van der Waals surface area contributed by atoms with Gasteiger partial charge in [0.25, 0.3) is 0 Å². The van der Waals surface area contributed by atoms with E-state index in [9.17, 15) is 0 Å². The molecule has 2 aromatic rings. The summed E-state index contributed by atoms with van der Waals surface area (Å²) in [5.41, 5.74) is 9.76. The highest BCUT2D eigenvalue weighted by Gasteiger charge is 2.41. The predicted molar refractivity (Wildman–Crippen MR) is 86.7 cm³/mol. The number of nitrogens with one attached hydrogen (secondary N) is 1. The van der Waals surface area contributed by atoms with Crippen molar-refractivity contribution in [1.82, 2.24) is 4.98 Å². The molecule has 4 rings (SSSR count). The van der Waals surface area contributed by atoms with Gasteiger partial charge < -0.3 is 16.0 Å². The minimum absolute atomic E-state index is 0.299. The third kappa shape index (κ3) is 2.02. The first-order valence-corrected chi connectivity index (χ1v) is 7.57. The zero-order valence-corrected chi connectivity index (χ0v) is 12.0. The molecule has 108 valence electrons. The molecular formula is C17H20N4. The Bertz CT molecular complexity index is 659. The summed E-state index contributed by atoms with van der Waals surface area (Å²) in [7, 11) is 0. The van der Waals surface area contributed by atoms with Crippen molar-refractivity contribution in [1.29, 1.82) is 0 Å². The summed E-state index contributed by atoms with van der Waals surface area (Å²) in [6.45, 7) is 3.13. The molecule has 0 saturated carbocycles. The summed E-state index contributed by atoms with van der Waals surface area (Å²) in [6, 6.07) is 12.5. The Hall–Kier alpha value is -2.23. The lowest BCUT2D eigenvalue weighted by atomic mass is 9.74. The van der Waals surface area contributed by atoms with Gasteiger partial charge in [-0.2, -0.15) is 0 Å². The highest BCUT2D eigenvalue weighted by atomic mass is 15.2. The number of aromatic nitrogens is 1. The number of anilines is 3. The number of hydrogen-bond donors (Lipinski definition) is 2. The van der Waals surface area contributed by atoms with E-state index < -0.39 is 0 Å². The lowest BCUT2D eigenvalue weighted by molar-refractivity contribution is 0.361. The van der Waals surface area contributed by atoms with Gasteiger partial charge in [0.2, 0.25) is 0 Å². The van der Waals surface area contributed by atoms with Gasteiger partial charge in [-0.3, -0.25) is 0 Å². The Morgan fingerprint density at radius 3 is 2.76 bits per heavy atom. The Morgan fingerprint density at radius 1 is 1.14 bits per heavy atom. The molecule has 0 bridgehead atoms. The molecule has 2 aliphatic rings. The molecule has 2 aliphatic heterocycles. The maximum absolute atomic E-state index is 5.87. The third-order valence-electron chi connectivity index (χ3n) is 4.93. The average molecular weight is 280 g/mol. The molecule has 1 saturated heterocycles. The van der Waals surface area contributed by atoms with Crippen LogP contribution in [0.5, 0.6) is 0 Å². The van der Waals surface area contributed by atoms with Crippen LogP contribution in [0.15, 0.2) is 42.6 Å². The van der Waals surface area contributed by atoms with Crippen LogP contribution in [0.3, 0.4) is 0 Å². The quantitative estimate of drug-likeness (QED) is 0.843. The number of piperidine rings is 1. The molecule has 4 heteroatoms. The number of rotatable bonds is 1. The molecule has 0 amide bonds. The van der Waals surface area contributed by atoms with Gasteiger partial charge in [-0.1, -0.05) is 18.2 Å². The van der Waals surface area contributed by atoms with Crippen LogP contribution in [0.2, 0.25) is 0 Å². The molecule has 1 spiro atoms. The molecule has 4 nitrogen and oxygen atoms in total. The van der Waals surface area contributed by atoms with Gasteiger partial charge >= 0.3 is 0 Å². The maximum Gasteiger partial charge on any atom is 0.130 e. The lowest BCUT2D eigenvalue weighted by Crippen LogP contribution is -2.44. The standard InChI is InChI=1S/C17H20N4/c18-13-5-8-19-16(11-13)21-9-6-17(7-10-21)12-20-15-4-2-1-3-14(15)17/h1-5,8,11,20H,6-7,9-10,12H2,(H2,18,19). The first-order chi connectivity index (χ1) is 10.3. The van der Waals surface area contributed by atoms with Crippen LogP contribution in [-0.2, 0) is 5.41 Å². The normalized spacial score (nSPS) is 19.3. The summed E-state index contributed by atoms with van der Waals surface area (Å²) in [6.07, 6.45) is 4.11. The molecule has 0 atom stereocenters. The molecule has 21 heavy (non-hydrogen) atoms. The smallest absolute Gasteiger partial charge is 0.130 e. The zero-order valence-electron chi connectivity index (χ0n) is 12.0. The molecular weight excluding hydrogens is 260 g/mol. The first-order valence-electron chi connectivity index (χ1n) is 7.57. The molecule has 0 unspecified atom stereocenters. The van der Waals surface area contributed by atoms with Crippen LogP contribution in [0.4, 0.5) is 17.2 Å². The number of nitrogens with two attached hydrogens (primary N) is 1. The number of fused-ring (bicyclic) bond motifs is 2. The first kappa shape index (κ1) is 12.5. The second-order valence-electron chi connectivity index (χ2n) is 6.11. The van der Waals surface area contributed by atoms with Crippen molar-refractivity contribution in [3.8, 4) is 0 Å². The Morgan fingerprint density at radius 2 is 1.95 bits per heavy atom. The van der Waals surface area contributed by atoms with E-state index >= 15 is 0 Å². The molecule has 1 aromatic carbocycles. The van der Waals surface area contributed by atoms with Crippen LogP contribution in [0, 0.1) is 0 Å². The topological polar surface area (TPSA) is 54.2 Å². The van der Waals surface area contributed by atoms with Crippen LogP contribution in [0.1, 0.15) is 18.4 Å².